The predicted molar refractivity (Wildman–Crippen MR) is 69.1 cm³/mol. The number of carbonyl (C=O) groups excluding carboxylic acids is 1. The fourth-order valence-corrected chi connectivity index (χ4v) is 2.10. The fraction of sp³-hybridized carbons (Fsp3) is 0.545. The van der Waals surface area contributed by atoms with Gasteiger partial charge in [-0.05, 0) is 26.0 Å². The Morgan fingerprint density at radius 1 is 1.53 bits per heavy atom. The second-order valence-corrected chi connectivity index (χ2v) is 5.81. The minimum Gasteiger partial charge on any atom is -0.465 e. The fourth-order valence-electron chi connectivity index (χ4n) is 1.55. The SMILES string of the molecule is COC(=O)c1cc(CNCCCS(N)(=O)=O)oc1C. The zero-order valence-electron chi connectivity index (χ0n) is 10.9. The van der Waals surface area contributed by atoms with Gasteiger partial charge in [-0.2, -0.15) is 0 Å². The zero-order valence-corrected chi connectivity index (χ0v) is 11.7. The maximum absolute atomic E-state index is 11.4. The molecule has 0 aromatic carbocycles. The van der Waals surface area contributed by atoms with Crippen molar-refractivity contribution in [2.75, 3.05) is 19.4 Å². The van der Waals surface area contributed by atoms with Gasteiger partial charge in [0.1, 0.15) is 17.1 Å². The van der Waals surface area contributed by atoms with E-state index in [1.165, 1.54) is 7.11 Å². The Morgan fingerprint density at radius 3 is 2.79 bits per heavy atom. The first-order chi connectivity index (χ1) is 8.83. The van der Waals surface area contributed by atoms with Crippen molar-refractivity contribution in [1.82, 2.24) is 5.32 Å². The summed E-state index contributed by atoms with van der Waals surface area (Å²) in [5, 5.41) is 7.88. The van der Waals surface area contributed by atoms with Crippen LogP contribution in [0.2, 0.25) is 0 Å². The second kappa shape index (κ2) is 6.69. The first-order valence-electron chi connectivity index (χ1n) is 5.72. The van der Waals surface area contributed by atoms with E-state index in [1.54, 1.807) is 13.0 Å². The predicted octanol–water partition coefficient (Wildman–Crippen LogP) is 0.143. The van der Waals surface area contributed by atoms with Crippen LogP contribution in [0.4, 0.5) is 0 Å². The van der Waals surface area contributed by atoms with Gasteiger partial charge < -0.3 is 14.5 Å². The van der Waals surface area contributed by atoms with Crippen LogP contribution in [-0.4, -0.2) is 33.8 Å². The number of primary sulfonamides is 1. The van der Waals surface area contributed by atoms with Crippen LogP contribution in [0.3, 0.4) is 0 Å². The Labute approximate surface area is 112 Å². The summed E-state index contributed by atoms with van der Waals surface area (Å²) < 4.78 is 31.4. The van der Waals surface area contributed by atoms with Gasteiger partial charge in [-0.15, -0.1) is 0 Å². The van der Waals surface area contributed by atoms with Crippen molar-refractivity contribution in [3.8, 4) is 0 Å². The first-order valence-corrected chi connectivity index (χ1v) is 7.44. The highest BCUT2D eigenvalue weighted by molar-refractivity contribution is 7.89. The molecule has 0 radical (unpaired) electrons. The van der Waals surface area contributed by atoms with E-state index in [4.69, 9.17) is 9.56 Å². The molecule has 8 heteroatoms. The molecule has 0 aliphatic heterocycles. The third-order valence-corrected chi connectivity index (χ3v) is 3.31. The minimum absolute atomic E-state index is 0.0649. The molecule has 1 aromatic heterocycles. The molecule has 0 saturated carbocycles. The lowest BCUT2D eigenvalue weighted by Crippen LogP contribution is -2.21. The molecular weight excluding hydrogens is 272 g/mol. The number of furan rings is 1. The standard InChI is InChI=1S/C11H18N2O5S/c1-8-10(11(14)17-2)6-9(18-8)7-13-4-3-5-19(12,15)16/h6,13H,3-5,7H2,1-2H3,(H2,12,15,16). The van der Waals surface area contributed by atoms with E-state index < -0.39 is 16.0 Å². The van der Waals surface area contributed by atoms with Crippen LogP contribution in [0, 0.1) is 6.92 Å². The summed E-state index contributed by atoms with van der Waals surface area (Å²) in [5.74, 6) is 0.577. The number of sulfonamides is 1. The highest BCUT2D eigenvalue weighted by Crippen LogP contribution is 2.15. The summed E-state index contributed by atoms with van der Waals surface area (Å²) in [4.78, 5) is 11.4. The lowest BCUT2D eigenvalue weighted by atomic mass is 10.2. The first kappa shape index (κ1) is 15.7. The highest BCUT2D eigenvalue weighted by atomic mass is 32.2. The molecule has 1 rings (SSSR count). The van der Waals surface area contributed by atoms with Gasteiger partial charge in [0.05, 0.1) is 19.4 Å². The van der Waals surface area contributed by atoms with Gasteiger partial charge in [-0.1, -0.05) is 0 Å². The Hall–Kier alpha value is -1.38. The van der Waals surface area contributed by atoms with Crippen LogP contribution in [0.5, 0.6) is 0 Å². The maximum atomic E-state index is 11.4. The lowest BCUT2D eigenvalue weighted by molar-refractivity contribution is 0.0599. The lowest BCUT2D eigenvalue weighted by Gasteiger charge is -2.01. The summed E-state index contributed by atoms with van der Waals surface area (Å²) >= 11 is 0. The molecule has 0 spiro atoms. The average molecular weight is 290 g/mol. The Morgan fingerprint density at radius 2 is 2.21 bits per heavy atom. The van der Waals surface area contributed by atoms with Gasteiger partial charge in [0.25, 0.3) is 0 Å². The zero-order chi connectivity index (χ0) is 14.5. The third-order valence-electron chi connectivity index (χ3n) is 2.46. The van der Waals surface area contributed by atoms with Gasteiger partial charge in [0.15, 0.2) is 0 Å². The van der Waals surface area contributed by atoms with E-state index in [-0.39, 0.29) is 5.75 Å². The van der Waals surface area contributed by atoms with Gasteiger partial charge in [-0.25, -0.2) is 18.4 Å². The van der Waals surface area contributed by atoms with Gasteiger partial charge in [0.2, 0.25) is 10.0 Å². The average Bonchev–Trinajstić information content (AvgIpc) is 2.67. The number of hydrogen-bond acceptors (Lipinski definition) is 6. The molecule has 108 valence electrons. The van der Waals surface area contributed by atoms with Crippen molar-refractivity contribution >= 4 is 16.0 Å². The Balaban J connectivity index is 2.40. The van der Waals surface area contributed by atoms with Crippen LogP contribution in [0.25, 0.3) is 0 Å². The molecule has 0 unspecified atom stereocenters. The molecule has 1 heterocycles. The molecule has 0 bridgehead atoms. The van der Waals surface area contributed by atoms with E-state index in [1.807, 2.05) is 0 Å². The molecule has 0 aliphatic carbocycles. The highest BCUT2D eigenvalue weighted by Gasteiger charge is 2.14. The van der Waals surface area contributed by atoms with E-state index in [0.29, 0.717) is 36.6 Å². The number of esters is 1. The van der Waals surface area contributed by atoms with E-state index in [2.05, 4.69) is 10.1 Å². The summed E-state index contributed by atoms with van der Waals surface area (Å²) in [6.07, 6.45) is 0.419. The number of rotatable bonds is 7. The van der Waals surface area contributed by atoms with Crippen molar-refractivity contribution in [1.29, 1.82) is 0 Å². The number of aryl methyl sites for hydroxylation is 1. The van der Waals surface area contributed by atoms with Crippen molar-refractivity contribution in [2.24, 2.45) is 5.14 Å². The number of methoxy groups -OCH3 is 1. The quantitative estimate of drug-likeness (QED) is 0.546. The topological polar surface area (TPSA) is 112 Å². The maximum Gasteiger partial charge on any atom is 0.341 e. The van der Waals surface area contributed by atoms with E-state index in [9.17, 15) is 13.2 Å². The number of ether oxygens (including phenoxy) is 1. The number of hydrogen-bond donors (Lipinski definition) is 2. The largest absolute Gasteiger partial charge is 0.465 e. The van der Waals surface area contributed by atoms with Gasteiger partial charge >= 0.3 is 5.97 Å². The van der Waals surface area contributed by atoms with Crippen molar-refractivity contribution < 1.29 is 22.4 Å². The number of nitrogens with one attached hydrogen (secondary N) is 1. The summed E-state index contributed by atoms with van der Waals surface area (Å²) in [6, 6.07) is 1.61. The van der Waals surface area contributed by atoms with Crippen molar-refractivity contribution in [2.45, 2.75) is 19.9 Å². The van der Waals surface area contributed by atoms with Gasteiger partial charge in [0, 0.05) is 0 Å². The number of carbonyl (C=O) groups is 1. The smallest absolute Gasteiger partial charge is 0.341 e. The molecule has 0 amide bonds. The Bertz CT molecular complexity index is 535. The molecule has 1 aromatic rings. The molecular formula is C11H18N2O5S. The monoisotopic (exact) mass is 290 g/mol. The van der Waals surface area contributed by atoms with E-state index in [0.717, 1.165) is 0 Å². The molecule has 0 saturated heterocycles. The summed E-state index contributed by atoms with van der Waals surface area (Å²) in [6.45, 7) is 2.57. The van der Waals surface area contributed by atoms with Crippen LogP contribution in [0.1, 0.15) is 28.3 Å². The van der Waals surface area contributed by atoms with Crippen LogP contribution < -0.4 is 10.5 Å². The van der Waals surface area contributed by atoms with Crippen LogP contribution in [0.15, 0.2) is 10.5 Å². The van der Waals surface area contributed by atoms with Crippen molar-refractivity contribution in [3.63, 3.8) is 0 Å². The summed E-state index contributed by atoms with van der Waals surface area (Å²) in [7, 11) is -2.11. The van der Waals surface area contributed by atoms with E-state index >= 15 is 0 Å². The second-order valence-electron chi connectivity index (χ2n) is 4.07. The third kappa shape index (κ3) is 5.41. The Kier molecular flexibility index (Phi) is 5.52. The van der Waals surface area contributed by atoms with Gasteiger partial charge in [-0.3, -0.25) is 0 Å². The molecule has 0 aliphatic rings. The van der Waals surface area contributed by atoms with Crippen LogP contribution >= 0.6 is 0 Å². The molecule has 0 fully saturated rings. The molecule has 7 nitrogen and oxygen atoms in total. The summed E-state index contributed by atoms with van der Waals surface area (Å²) in [5.41, 5.74) is 0.392. The minimum atomic E-state index is -3.41. The normalized spacial score (nSPS) is 11.5. The van der Waals surface area contributed by atoms with Crippen molar-refractivity contribution in [3.05, 3.63) is 23.2 Å². The molecule has 0 atom stereocenters. The van der Waals surface area contributed by atoms with Crippen LogP contribution in [-0.2, 0) is 21.3 Å². The number of nitrogens with two attached hydrogens (primary N) is 1. The molecule has 19 heavy (non-hydrogen) atoms. The molecule has 3 N–H and O–H groups in total.